The Balaban J connectivity index is 2.05. The standard InChI is InChI=1S/C14H18N2O2S/c1-3-4-5-8-15-13(17)14-16-11-9-10(18-2)6-7-12(11)19-14/h6-7,9H,3-5,8H2,1-2H3,(H,15,17). The first-order chi connectivity index (χ1) is 9.24. The van der Waals surface area contributed by atoms with Gasteiger partial charge in [-0.1, -0.05) is 19.8 Å². The number of benzene rings is 1. The van der Waals surface area contributed by atoms with Gasteiger partial charge in [0.05, 0.1) is 17.3 Å². The number of aromatic nitrogens is 1. The molecule has 1 aromatic carbocycles. The molecule has 5 heteroatoms. The van der Waals surface area contributed by atoms with Crippen molar-refractivity contribution in [1.82, 2.24) is 10.3 Å². The highest BCUT2D eigenvalue weighted by Crippen LogP contribution is 2.25. The number of amides is 1. The van der Waals surface area contributed by atoms with Crippen LogP contribution in [0.5, 0.6) is 5.75 Å². The first kappa shape index (κ1) is 13.8. The van der Waals surface area contributed by atoms with Gasteiger partial charge >= 0.3 is 0 Å². The molecular weight excluding hydrogens is 260 g/mol. The van der Waals surface area contributed by atoms with Crippen molar-refractivity contribution >= 4 is 27.5 Å². The van der Waals surface area contributed by atoms with Gasteiger partial charge in [-0.3, -0.25) is 4.79 Å². The molecule has 0 bridgehead atoms. The van der Waals surface area contributed by atoms with E-state index in [1.165, 1.54) is 11.3 Å². The average molecular weight is 278 g/mol. The van der Waals surface area contributed by atoms with Crippen molar-refractivity contribution in [3.63, 3.8) is 0 Å². The predicted molar refractivity (Wildman–Crippen MR) is 78.0 cm³/mol. The smallest absolute Gasteiger partial charge is 0.280 e. The summed E-state index contributed by atoms with van der Waals surface area (Å²) in [6.07, 6.45) is 3.30. The Morgan fingerprint density at radius 3 is 3.00 bits per heavy atom. The molecule has 19 heavy (non-hydrogen) atoms. The van der Waals surface area contributed by atoms with Crippen molar-refractivity contribution < 1.29 is 9.53 Å². The molecule has 0 saturated carbocycles. The van der Waals surface area contributed by atoms with Crippen LogP contribution in [0.25, 0.3) is 10.2 Å². The highest BCUT2D eigenvalue weighted by molar-refractivity contribution is 7.20. The molecule has 1 aromatic heterocycles. The van der Waals surface area contributed by atoms with Crippen LogP contribution in [0.2, 0.25) is 0 Å². The fraction of sp³-hybridized carbons (Fsp3) is 0.429. The van der Waals surface area contributed by atoms with Crippen molar-refractivity contribution in [2.75, 3.05) is 13.7 Å². The van der Waals surface area contributed by atoms with Crippen LogP contribution in [-0.4, -0.2) is 24.5 Å². The third-order valence-corrected chi connectivity index (χ3v) is 3.89. The predicted octanol–water partition coefficient (Wildman–Crippen LogP) is 3.22. The van der Waals surface area contributed by atoms with Gasteiger partial charge in [0.15, 0.2) is 5.01 Å². The summed E-state index contributed by atoms with van der Waals surface area (Å²) in [7, 11) is 1.62. The molecule has 0 saturated heterocycles. The fourth-order valence-electron chi connectivity index (χ4n) is 1.78. The Labute approximate surface area is 116 Å². The number of nitrogens with one attached hydrogen (secondary N) is 1. The number of carbonyl (C=O) groups excluding carboxylic acids is 1. The van der Waals surface area contributed by atoms with Gasteiger partial charge in [-0.2, -0.15) is 0 Å². The molecule has 0 radical (unpaired) electrons. The van der Waals surface area contributed by atoms with Gasteiger partial charge in [-0.15, -0.1) is 11.3 Å². The molecule has 0 aliphatic heterocycles. The quantitative estimate of drug-likeness (QED) is 0.825. The second-order valence-electron chi connectivity index (χ2n) is 4.32. The number of hydrogen-bond acceptors (Lipinski definition) is 4. The zero-order chi connectivity index (χ0) is 13.7. The summed E-state index contributed by atoms with van der Waals surface area (Å²) in [5.41, 5.74) is 0.808. The molecule has 0 atom stereocenters. The number of methoxy groups -OCH3 is 1. The zero-order valence-corrected chi connectivity index (χ0v) is 12.0. The molecule has 2 aromatic rings. The molecule has 0 spiro atoms. The number of hydrogen-bond donors (Lipinski definition) is 1. The van der Waals surface area contributed by atoms with Crippen molar-refractivity contribution in [1.29, 1.82) is 0 Å². The average Bonchev–Trinajstić information content (AvgIpc) is 2.86. The second-order valence-corrected chi connectivity index (χ2v) is 5.35. The van der Waals surface area contributed by atoms with E-state index in [2.05, 4.69) is 17.2 Å². The zero-order valence-electron chi connectivity index (χ0n) is 11.2. The van der Waals surface area contributed by atoms with Gasteiger partial charge < -0.3 is 10.1 Å². The molecule has 102 valence electrons. The molecular formula is C14H18N2O2S. The topological polar surface area (TPSA) is 51.2 Å². The van der Waals surface area contributed by atoms with Crippen LogP contribution in [-0.2, 0) is 0 Å². The first-order valence-electron chi connectivity index (χ1n) is 6.47. The SMILES string of the molecule is CCCCCNC(=O)c1nc2cc(OC)ccc2s1. The van der Waals surface area contributed by atoms with Crippen LogP contribution in [0, 0.1) is 0 Å². The molecule has 1 heterocycles. The Morgan fingerprint density at radius 2 is 2.26 bits per heavy atom. The Bertz CT molecular complexity index is 566. The van der Waals surface area contributed by atoms with Crippen molar-refractivity contribution in [2.24, 2.45) is 0 Å². The summed E-state index contributed by atoms with van der Waals surface area (Å²) in [4.78, 5) is 16.3. The lowest BCUT2D eigenvalue weighted by Crippen LogP contribution is -2.24. The lowest BCUT2D eigenvalue weighted by atomic mass is 10.2. The Kier molecular flexibility index (Phi) is 4.74. The maximum absolute atomic E-state index is 11.9. The van der Waals surface area contributed by atoms with Gasteiger partial charge in [0, 0.05) is 12.6 Å². The van der Waals surface area contributed by atoms with Gasteiger partial charge in [-0.05, 0) is 18.6 Å². The van der Waals surface area contributed by atoms with Crippen LogP contribution in [0.3, 0.4) is 0 Å². The summed E-state index contributed by atoms with van der Waals surface area (Å²) >= 11 is 1.41. The fourth-order valence-corrected chi connectivity index (χ4v) is 2.65. The second kappa shape index (κ2) is 6.52. The van der Waals surface area contributed by atoms with Gasteiger partial charge in [0.1, 0.15) is 5.75 Å². The highest BCUT2D eigenvalue weighted by Gasteiger charge is 2.11. The lowest BCUT2D eigenvalue weighted by molar-refractivity contribution is 0.0953. The van der Waals surface area contributed by atoms with Crippen LogP contribution in [0.15, 0.2) is 18.2 Å². The minimum absolute atomic E-state index is 0.0868. The van der Waals surface area contributed by atoms with E-state index in [-0.39, 0.29) is 5.91 Å². The van der Waals surface area contributed by atoms with Crippen molar-refractivity contribution in [2.45, 2.75) is 26.2 Å². The third-order valence-electron chi connectivity index (χ3n) is 2.85. The van der Waals surface area contributed by atoms with E-state index in [0.29, 0.717) is 11.6 Å². The minimum atomic E-state index is -0.0868. The van der Waals surface area contributed by atoms with E-state index in [1.54, 1.807) is 7.11 Å². The van der Waals surface area contributed by atoms with E-state index >= 15 is 0 Å². The van der Waals surface area contributed by atoms with E-state index < -0.39 is 0 Å². The first-order valence-corrected chi connectivity index (χ1v) is 7.29. The van der Waals surface area contributed by atoms with E-state index in [4.69, 9.17) is 4.74 Å². The van der Waals surface area contributed by atoms with Gasteiger partial charge in [-0.25, -0.2) is 4.98 Å². The maximum atomic E-state index is 11.9. The van der Waals surface area contributed by atoms with Crippen LogP contribution < -0.4 is 10.1 Å². The Morgan fingerprint density at radius 1 is 1.42 bits per heavy atom. The number of thiazole rings is 1. The van der Waals surface area contributed by atoms with E-state index in [0.717, 1.165) is 35.2 Å². The Hall–Kier alpha value is -1.62. The number of unbranched alkanes of at least 4 members (excludes halogenated alkanes) is 2. The molecule has 0 aliphatic carbocycles. The van der Waals surface area contributed by atoms with Crippen molar-refractivity contribution in [3.8, 4) is 5.75 Å². The number of ether oxygens (including phenoxy) is 1. The number of carbonyl (C=O) groups is 1. The van der Waals surface area contributed by atoms with E-state index in [1.807, 2.05) is 18.2 Å². The van der Waals surface area contributed by atoms with Gasteiger partial charge in [0.25, 0.3) is 5.91 Å². The van der Waals surface area contributed by atoms with Crippen LogP contribution in [0.4, 0.5) is 0 Å². The summed E-state index contributed by atoms with van der Waals surface area (Å²) in [6.45, 7) is 2.86. The number of nitrogens with zero attached hydrogens (tertiary/aromatic N) is 1. The van der Waals surface area contributed by atoms with Crippen LogP contribution >= 0.6 is 11.3 Å². The minimum Gasteiger partial charge on any atom is -0.497 e. The largest absolute Gasteiger partial charge is 0.497 e. The molecule has 0 fully saturated rings. The molecule has 4 nitrogen and oxygen atoms in total. The summed E-state index contributed by atoms with van der Waals surface area (Å²) in [6, 6.07) is 5.66. The van der Waals surface area contributed by atoms with E-state index in [9.17, 15) is 4.79 Å². The third kappa shape index (κ3) is 3.44. The lowest BCUT2D eigenvalue weighted by Gasteiger charge is -2.00. The normalized spacial score (nSPS) is 10.6. The summed E-state index contributed by atoms with van der Waals surface area (Å²) < 4.78 is 6.15. The number of rotatable bonds is 6. The molecule has 1 amide bonds. The highest BCUT2D eigenvalue weighted by atomic mass is 32.1. The molecule has 2 rings (SSSR count). The monoisotopic (exact) mass is 278 g/mol. The summed E-state index contributed by atoms with van der Waals surface area (Å²) in [5.74, 6) is 0.670. The molecule has 1 N–H and O–H groups in total. The van der Waals surface area contributed by atoms with Crippen LogP contribution in [0.1, 0.15) is 36.0 Å². The molecule has 0 aliphatic rings. The molecule has 0 unspecified atom stereocenters. The van der Waals surface area contributed by atoms with Gasteiger partial charge in [0.2, 0.25) is 0 Å². The summed E-state index contributed by atoms with van der Waals surface area (Å²) in [5, 5.41) is 3.41. The maximum Gasteiger partial charge on any atom is 0.280 e. The number of fused-ring (bicyclic) bond motifs is 1. The van der Waals surface area contributed by atoms with Crippen molar-refractivity contribution in [3.05, 3.63) is 23.2 Å².